The van der Waals surface area contributed by atoms with E-state index in [1.165, 1.54) is 10.5 Å². The second-order valence-electron chi connectivity index (χ2n) is 8.03. The van der Waals surface area contributed by atoms with Gasteiger partial charge in [-0.1, -0.05) is 12.1 Å². The number of methoxy groups -OCH3 is 1. The third-order valence-corrected chi connectivity index (χ3v) is 5.76. The molecule has 1 aliphatic rings. The van der Waals surface area contributed by atoms with Crippen molar-refractivity contribution in [1.82, 2.24) is 4.90 Å². The molecule has 0 bridgehead atoms. The molecule has 0 saturated carbocycles. The molecule has 6 nitrogen and oxygen atoms in total. The fourth-order valence-corrected chi connectivity index (χ4v) is 3.91. The van der Waals surface area contributed by atoms with E-state index in [0.29, 0.717) is 19.7 Å². The summed E-state index contributed by atoms with van der Waals surface area (Å²) in [6.07, 6.45) is 0. The van der Waals surface area contributed by atoms with Crippen LogP contribution in [0.3, 0.4) is 0 Å². The molecule has 2 N–H and O–H groups in total. The maximum atomic E-state index is 12.7. The normalized spacial score (nSPS) is 18.6. The predicted octanol–water partition coefficient (Wildman–Crippen LogP) is 0.0359. The van der Waals surface area contributed by atoms with Crippen LogP contribution >= 0.6 is 0 Å². The molecular weight excluding hydrogens is 378 g/mol. The Labute approximate surface area is 180 Å². The Hall–Kier alpha value is -2.57. The summed E-state index contributed by atoms with van der Waals surface area (Å²) in [4.78, 5) is 17.5. The first-order valence-electron chi connectivity index (χ1n) is 10.8. The van der Waals surface area contributed by atoms with Crippen LogP contribution in [0.4, 0.5) is 0 Å². The number of rotatable bonds is 9. The Morgan fingerprint density at radius 1 is 0.900 bits per heavy atom. The van der Waals surface area contributed by atoms with Gasteiger partial charge < -0.3 is 24.2 Å². The summed E-state index contributed by atoms with van der Waals surface area (Å²) in [6.45, 7) is 9.13. The Kier molecular flexibility index (Phi) is 8.11. The molecule has 1 aliphatic heterocycles. The van der Waals surface area contributed by atoms with Gasteiger partial charge in [-0.2, -0.15) is 0 Å². The van der Waals surface area contributed by atoms with Gasteiger partial charge in [0, 0.05) is 19.2 Å². The lowest BCUT2D eigenvalue weighted by atomic mass is 10.2. The van der Waals surface area contributed by atoms with Gasteiger partial charge in [0.1, 0.15) is 44.2 Å². The van der Waals surface area contributed by atoms with Gasteiger partial charge in [0.2, 0.25) is 0 Å². The van der Waals surface area contributed by atoms with Crippen molar-refractivity contribution in [3.05, 3.63) is 59.7 Å². The lowest BCUT2D eigenvalue weighted by Gasteiger charge is -2.30. The number of carbonyl (C=O) groups excluding carboxylic acids is 1. The van der Waals surface area contributed by atoms with Crippen LogP contribution in [0.2, 0.25) is 0 Å². The van der Waals surface area contributed by atoms with Gasteiger partial charge in [-0.3, -0.25) is 4.79 Å². The molecule has 0 spiro atoms. The van der Waals surface area contributed by atoms with Crippen molar-refractivity contribution in [2.75, 3.05) is 53.5 Å². The molecule has 0 radical (unpaired) electrons. The highest BCUT2D eigenvalue weighted by Gasteiger charge is 2.26. The standard InChI is InChI=1S/C24H33N3O3/c1-4-30-23-11-7-20(8-12-23)17-25(2)24(28)19-27-15-13-26(14-16-27)18-21-5-9-22(29-3)10-6-21/h5-12H,4,13-19H2,1-3H3/p+2. The molecule has 6 heteroatoms. The van der Waals surface area contributed by atoms with E-state index in [1.54, 1.807) is 12.0 Å². The Balaban J connectivity index is 1.40. The Morgan fingerprint density at radius 3 is 2.07 bits per heavy atom. The SMILES string of the molecule is CCOc1ccc(CN(C)C(=O)C[NH+]2CC[NH+](Cc3ccc(OC)cc3)CC2)cc1. The summed E-state index contributed by atoms with van der Waals surface area (Å²) in [7, 11) is 3.59. The minimum absolute atomic E-state index is 0.206. The molecule has 30 heavy (non-hydrogen) atoms. The van der Waals surface area contributed by atoms with E-state index in [2.05, 4.69) is 12.1 Å². The molecule has 1 fully saturated rings. The van der Waals surface area contributed by atoms with Crippen molar-refractivity contribution in [1.29, 1.82) is 0 Å². The average Bonchev–Trinajstić information content (AvgIpc) is 2.77. The summed E-state index contributed by atoms with van der Waals surface area (Å²) in [5.74, 6) is 1.98. The number of hydrogen-bond acceptors (Lipinski definition) is 3. The third-order valence-electron chi connectivity index (χ3n) is 5.76. The van der Waals surface area contributed by atoms with Crippen molar-refractivity contribution in [3.8, 4) is 11.5 Å². The Bertz CT molecular complexity index is 784. The van der Waals surface area contributed by atoms with Crippen molar-refractivity contribution in [2.45, 2.75) is 20.0 Å². The molecule has 0 aromatic heterocycles. The number of nitrogens with zero attached hydrogens (tertiary/aromatic N) is 1. The average molecular weight is 414 g/mol. The maximum Gasteiger partial charge on any atom is 0.277 e. The van der Waals surface area contributed by atoms with Crippen molar-refractivity contribution >= 4 is 5.91 Å². The summed E-state index contributed by atoms with van der Waals surface area (Å²) in [6, 6.07) is 16.3. The number of ether oxygens (including phenoxy) is 2. The second-order valence-corrected chi connectivity index (χ2v) is 8.03. The molecule has 0 atom stereocenters. The number of piperazine rings is 1. The quantitative estimate of drug-likeness (QED) is 0.610. The van der Waals surface area contributed by atoms with Crippen LogP contribution in [-0.2, 0) is 17.9 Å². The zero-order chi connectivity index (χ0) is 21.3. The number of hydrogen-bond donors (Lipinski definition) is 2. The smallest absolute Gasteiger partial charge is 0.277 e. The minimum atomic E-state index is 0.206. The third kappa shape index (κ3) is 6.47. The van der Waals surface area contributed by atoms with Crippen LogP contribution in [0.15, 0.2) is 48.5 Å². The van der Waals surface area contributed by atoms with Gasteiger partial charge in [0.05, 0.1) is 13.7 Å². The van der Waals surface area contributed by atoms with Crippen LogP contribution in [0, 0.1) is 0 Å². The highest BCUT2D eigenvalue weighted by Crippen LogP contribution is 2.13. The van der Waals surface area contributed by atoms with Crippen molar-refractivity contribution in [2.24, 2.45) is 0 Å². The van der Waals surface area contributed by atoms with E-state index in [4.69, 9.17) is 9.47 Å². The van der Waals surface area contributed by atoms with Gasteiger partial charge in [-0.25, -0.2) is 0 Å². The van der Waals surface area contributed by atoms with Crippen LogP contribution in [0.1, 0.15) is 18.1 Å². The lowest BCUT2D eigenvalue weighted by Crippen LogP contribution is -3.28. The van der Waals surface area contributed by atoms with Crippen LogP contribution in [0.5, 0.6) is 11.5 Å². The highest BCUT2D eigenvalue weighted by atomic mass is 16.5. The van der Waals surface area contributed by atoms with Crippen LogP contribution < -0.4 is 19.3 Å². The first kappa shape index (κ1) is 22.1. The number of carbonyl (C=O) groups is 1. The number of amides is 1. The van der Waals surface area contributed by atoms with E-state index in [0.717, 1.165) is 49.8 Å². The van der Waals surface area contributed by atoms with E-state index in [9.17, 15) is 4.79 Å². The number of quaternary nitrogens is 2. The van der Waals surface area contributed by atoms with E-state index in [1.807, 2.05) is 55.3 Å². The summed E-state index contributed by atoms with van der Waals surface area (Å²) in [5, 5.41) is 0. The molecule has 162 valence electrons. The van der Waals surface area contributed by atoms with Crippen LogP contribution in [0.25, 0.3) is 0 Å². The molecule has 0 aliphatic carbocycles. The fourth-order valence-electron chi connectivity index (χ4n) is 3.91. The van der Waals surface area contributed by atoms with Gasteiger partial charge in [0.25, 0.3) is 5.91 Å². The summed E-state index contributed by atoms with van der Waals surface area (Å²) >= 11 is 0. The fraction of sp³-hybridized carbons (Fsp3) is 0.458. The summed E-state index contributed by atoms with van der Waals surface area (Å²) < 4.78 is 10.7. The van der Waals surface area contributed by atoms with Gasteiger partial charge in [-0.15, -0.1) is 0 Å². The highest BCUT2D eigenvalue weighted by molar-refractivity contribution is 5.76. The first-order chi connectivity index (χ1) is 14.6. The van der Waals surface area contributed by atoms with E-state index >= 15 is 0 Å². The molecule has 0 unspecified atom stereocenters. The van der Waals surface area contributed by atoms with Crippen LogP contribution in [-0.4, -0.2) is 64.3 Å². The second kappa shape index (κ2) is 11.0. The largest absolute Gasteiger partial charge is 0.497 e. The molecule has 3 rings (SSSR count). The van der Waals surface area contributed by atoms with Crippen molar-refractivity contribution < 1.29 is 24.1 Å². The predicted molar refractivity (Wildman–Crippen MR) is 117 cm³/mol. The zero-order valence-corrected chi connectivity index (χ0v) is 18.4. The topological polar surface area (TPSA) is 47.6 Å². The summed E-state index contributed by atoms with van der Waals surface area (Å²) in [5.41, 5.74) is 2.46. The minimum Gasteiger partial charge on any atom is -0.497 e. The zero-order valence-electron chi connectivity index (χ0n) is 18.4. The number of likely N-dealkylation sites (N-methyl/N-ethyl adjacent to an activating group) is 1. The lowest BCUT2D eigenvalue weighted by molar-refractivity contribution is -1.02. The monoisotopic (exact) mass is 413 g/mol. The Morgan fingerprint density at radius 2 is 1.47 bits per heavy atom. The number of benzene rings is 2. The van der Waals surface area contributed by atoms with Gasteiger partial charge in [-0.05, 0) is 48.9 Å². The first-order valence-corrected chi connectivity index (χ1v) is 10.8. The van der Waals surface area contributed by atoms with Crippen molar-refractivity contribution in [3.63, 3.8) is 0 Å². The molecule has 1 saturated heterocycles. The van der Waals surface area contributed by atoms with Gasteiger partial charge >= 0.3 is 0 Å². The van der Waals surface area contributed by atoms with E-state index < -0.39 is 0 Å². The van der Waals surface area contributed by atoms with E-state index in [-0.39, 0.29) is 5.91 Å². The molecule has 2 aromatic rings. The molecule has 1 amide bonds. The molecule has 1 heterocycles. The maximum absolute atomic E-state index is 12.7. The molecular formula is C24H35N3O3+2. The number of nitrogens with one attached hydrogen (secondary N) is 2. The van der Waals surface area contributed by atoms with Gasteiger partial charge in [0.15, 0.2) is 6.54 Å². The molecule has 2 aromatic carbocycles.